The number of nitrogens with one attached hydrogen (secondary N) is 1. The van der Waals surface area contributed by atoms with Gasteiger partial charge < -0.3 is 15.5 Å². The predicted octanol–water partition coefficient (Wildman–Crippen LogP) is 3.58. The second-order valence-electron chi connectivity index (χ2n) is 5.13. The van der Waals surface area contributed by atoms with Gasteiger partial charge in [0.1, 0.15) is 5.75 Å². The van der Waals surface area contributed by atoms with E-state index in [4.69, 9.17) is 0 Å². The van der Waals surface area contributed by atoms with Crippen LogP contribution in [0.25, 0.3) is 0 Å². The molecule has 1 aromatic carbocycles. The molecule has 2 rings (SSSR count). The predicted molar refractivity (Wildman–Crippen MR) is 87.5 cm³/mol. The van der Waals surface area contributed by atoms with Crippen LogP contribution in [-0.2, 0) is 13.2 Å². The fourth-order valence-corrected chi connectivity index (χ4v) is 2.49. The summed E-state index contributed by atoms with van der Waals surface area (Å²) in [6, 6.07) is 4.08. The molecular weight excluding hydrogens is 332 g/mol. The highest BCUT2D eigenvalue weighted by Gasteiger charge is 2.11. The van der Waals surface area contributed by atoms with E-state index in [1.807, 2.05) is 26.0 Å². The van der Waals surface area contributed by atoms with Gasteiger partial charge in [-0.3, -0.25) is 4.98 Å². The average Bonchev–Trinajstić information content (AvgIpc) is 2.46. The Morgan fingerprint density at radius 1 is 1.19 bits per heavy atom. The third-order valence-electron chi connectivity index (χ3n) is 3.51. The molecule has 112 valence electrons. The van der Waals surface area contributed by atoms with Gasteiger partial charge >= 0.3 is 0 Å². The molecule has 0 aliphatic rings. The number of anilines is 1. The van der Waals surface area contributed by atoms with Crippen LogP contribution < -0.4 is 5.32 Å². The summed E-state index contributed by atoms with van der Waals surface area (Å²) in [5.41, 5.74) is 5.16. The lowest BCUT2D eigenvalue weighted by atomic mass is 10.1. The number of rotatable bonds is 4. The van der Waals surface area contributed by atoms with E-state index in [0.29, 0.717) is 23.4 Å². The third-order valence-corrected chi connectivity index (χ3v) is 4.76. The van der Waals surface area contributed by atoms with Crippen LogP contribution in [0, 0.1) is 20.8 Å². The third kappa shape index (κ3) is 3.36. The van der Waals surface area contributed by atoms with Gasteiger partial charge in [-0.15, -0.1) is 0 Å². The van der Waals surface area contributed by atoms with Crippen LogP contribution in [0.4, 0.5) is 5.69 Å². The van der Waals surface area contributed by atoms with E-state index in [2.05, 4.69) is 26.2 Å². The van der Waals surface area contributed by atoms with Crippen LogP contribution >= 0.6 is 15.9 Å². The molecule has 1 heterocycles. The molecule has 0 saturated heterocycles. The van der Waals surface area contributed by atoms with Crippen LogP contribution in [0.15, 0.2) is 22.8 Å². The van der Waals surface area contributed by atoms with Crippen LogP contribution in [0.5, 0.6) is 5.75 Å². The number of nitrogens with zero attached hydrogens (tertiary/aromatic N) is 1. The molecule has 0 spiro atoms. The number of pyridine rings is 1. The first-order valence-corrected chi connectivity index (χ1v) is 7.51. The van der Waals surface area contributed by atoms with Crippen LogP contribution in [0.1, 0.15) is 27.9 Å². The topological polar surface area (TPSA) is 65.4 Å². The second-order valence-corrected chi connectivity index (χ2v) is 5.92. The Labute approximate surface area is 133 Å². The van der Waals surface area contributed by atoms with Crippen LogP contribution in [-0.4, -0.2) is 15.2 Å². The van der Waals surface area contributed by atoms with Crippen molar-refractivity contribution in [3.05, 3.63) is 50.8 Å². The maximum atomic E-state index is 10.1. The quantitative estimate of drug-likeness (QED) is 0.788. The molecule has 0 unspecified atom stereocenters. The summed E-state index contributed by atoms with van der Waals surface area (Å²) in [6.45, 7) is 6.11. The Morgan fingerprint density at radius 2 is 1.81 bits per heavy atom. The average molecular weight is 351 g/mol. The minimum atomic E-state index is -0.143. The van der Waals surface area contributed by atoms with E-state index < -0.39 is 0 Å². The highest BCUT2D eigenvalue weighted by atomic mass is 79.9. The zero-order valence-corrected chi connectivity index (χ0v) is 14.0. The number of hydrogen-bond donors (Lipinski definition) is 3. The van der Waals surface area contributed by atoms with E-state index in [9.17, 15) is 10.2 Å². The number of benzene rings is 1. The smallest absolute Gasteiger partial charge is 0.142 e. The minimum absolute atomic E-state index is 0.139. The first kappa shape index (κ1) is 15.8. The van der Waals surface area contributed by atoms with Crippen molar-refractivity contribution in [2.45, 2.75) is 33.9 Å². The van der Waals surface area contributed by atoms with E-state index in [1.165, 1.54) is 0 Å². The fraction of sp³-hybridized carbons (Fsp3) is 0.312. The molecule has 0 fully saturated rings. The number of aromatic hydroxyl groups is 1. The number of aliphatic hydroxyl groups excluding tert-OH is 1. The van der Waals surface area contributed by atoms with Crippen molar-refractivity contribution in [2.75, 3.05) is 5.32 Å². The van der Waals surface area contributed by atoms with Crippen molar-refractivity contribution in [2.24, 2.45) is 0 Å². The lowest BCUT2D eigenvalue weighted by molar-refractivity contribution is 0.279. The summed E-state index contributed by atoms with van der Waals surface area (Å²) >= 11 is 3.54. The zero-order valence-electron chi connectivity index (χ0n) is 12.4. The Morgan fingerprint density at radius 3 is 2.38 bits per heavy atom. The van der Waals surface area contributed by atoms with Gasteiger partial charge in [0.2, 0.25) is 0 Å². The maximum Gasteiger partial charge on any atom is 0.142 e. The largest absolute Gasteiger partial charge is 0.506 e. The standard InChI is InChI=1S/C16H19BrN2O2/c1-9-4-13(5-10(2)15(9)17)19-7-14-12(8-20)6-18-11(3)16(14)21/h4-6,19-21H,7-8H2,1-3H3. The Bertz CT molecular complexity index is 649. The molecule has 2 aromatic rings. The van der Waals surface area contributed by atoms with E-state index in [1.54, 1.807) is 13.1 Å². The highest BCUT2D eigenvalue weighted by Crippen LogP contribution is 2.28. The molecule has 5 heteroatoms. The first-order chi connectivity index (χ1) is 9.93. The molecule has 0 aliphatic heterocycles. The number of aliphatic hydroxyl groups is 1. The Kier molecular flexibility index (Phi) is 4.85. The highest BCUT2D eigenvalue weighted by molar-refractivity contribution is 9.10. The van der Waals surface area contributed by atoms with Gasteiger partial charge in [-0.25, -0.2) is 0 Å². The molecule has 1 aromatic heterocycles. The summed E-state index contributed by atoms with van der Waals surface area (Å²) in [6.07, 6.45) is 1.60. The summed E-state index contributed by atoms with van der Waals surface area (Å²) in [4.78, 5) is 4.06. The Balaban J connectivity index is 2.26. The number of hydrogen-bond acceptors (Lipinski definition) is 4. The molecular formula is C16H19BrN2O2. The SMILES string of the molecule is Cc1cc(NCc2c(CO)cnc(C)c2O)cc(C)c1Br. The fourth-order valence-electron chi connectivity index (χ4n) is 2.26. The minimum Gasteiger partial charge on any atom is -0.506 e. The normalized spacial score (nSPS) is 10.7. The number of aromatic nitrogens is 1. The molecule has 4 nitrogen and oxygen atoms in total. The molecule has 0 aliphatic carbocycles. The molecule has 0 bridgehead atoms. The Hall–Kier alpha value is -1.59. The van der Waals surface area contributed by atoms with Gasteiger partial charge in [-0.1, -0.05) is 15.9 Å². The zero-order chi connectivity index (χ0) is 15.6. The van der Waals surface area contributed by atoms with Gasteiger partial charge in [-0.2, -0.15) is 0 Å². The van der Waals surface area contributed by atoms with Gasteiger partial charge in [0, 0.05) is 34.0 Å². The molecule has 0 radical (unpaired) electrons. The van der Waals surface area contributed by atoms with E-state index in [0.717, 1.165) is 21.3 Å². The summed E-state index contributed by atoms with van der Waals surface area (Å²) in [5.74, 6) is 0.139. The number of halogens is 1. The van der Waals surface area contributed by atoms with Gasteiger partial charge in [0.25, 0.3) is 0 Å². The van der Waals surface area contributed by atoms with Crippen molar-refractivity contribution < 1.29 is 10.2 Å². The van der Waals surface area contributed by atoms with E-state index >= 15 is 0 Å². The van der Waals surface area contributed by atoms with Gasteiger partial charge in [0.15, 0.2) is 0 Å². The number of aryl methyl sites for hydroxylation is 3. The van der Waals surface area contributed by atoms with Crippen molar-refractivity contribution in [3.63, 3.8) is 0 Å². The van der Waals surface area contributed by atoms with Crippen molar-refractivity contribution in [3.8, 4) is 5.75 Å². The molecule has 0 amide bonds. The second kappa shape index (κ2) is 6.45. The molecule has 0 saturated carbocycles. The van der Waals surface area contributed by atoms with Crippen LogP contribution in [0.3, 0.4) is 0 Å². The molecule has 21 heavy (non-hydrogen) atoms. The lowest BCUT2D eigenvalue weighted by Crippen LogP contribution is -2.06. The first-order valence-electron chi connectivity index (χ1n) is 6.71. The lowest BCUT2D eigenvalue weighted by Gasteiger charge is -2.14. The van der Waals surface area contributed by atoms with Gasteiger partial charge in [-0.05, 0) is 44.0 Å². The summed E-state index contributed by atoms with van der Waals surface area (Å²) in [7, 11) is 0. The monoisotopic (exact) mass is 350 g/mol. The summed E-state index contributed by atoms with van der Waals surface area (Å²) in [5, 5.41) is 22.8. The summed E-state index contributed by atoms with van der Waals surface area (Å²) < 4.78 is 1.10. The molecule has 3 N–H and O–H groups in total. The van der Waals surface area contributed by atoms with E-state index in [-0.39, 0.29) is 12.4 Å². The van der Waals surface area contributed by atoms with Crippen molar-refractivity contribution in [1.82, 2.24) is 4.98 Å². The van der Waals surface area contributed by atoms with Gasteiger partial charge in [0.05, 0.1) is 12.3 Å². The van der Waals surface area contributed by atoms with Crippen molar-refractivity contribution in [1.29, 1.82) is 0 Å². The maximum absolute atomic E-state index is 10.1. The molecule has 0 atom stereocenters. The van der Waals surface area contributed by atoms with Crippen molar-refractivity contribution >= 4 is 21.6 Å². The van der Waals surface area contributed by atoms with Crippen LogP contribution in [0.2, 0.25) is 0 Å².